The van der Waals surface area contributed by atoms with E-state index in [9.17, 15) is 9.18 Å². The minimum Gasteiger partial charge on any atom is -0.299 e. The molecular formula is C24H17Cl3FN3O. The summed E-state index contributed by atoms with van der Waals surface area (Å²) in [6.45, 7) is 2.77. The van der Waals surface area contributed by atoms with Crippen LogP contribution in [-0.4, -0.2) is 27.5 Å². The second kappa shape index (κ2) is 8.49. The zero-order chi connectivity index (χ0) is 22.4. The lowest BCUT2D eigenvalue weighted by atomic mass is 10.1. The van der Waals surface area contributed by atoms with Crippen molar-refractivity contribution in [3.8, 4) is 17.1 Å². The van der Waals surface area contributed by atoms with Gasteiger partial charge in [-0.3, -0.25) is 14.3 Å². The van der Waals surface area contributed by atoms with Gasteiger partial charge in [0.2, 0.25) is 0 Å². The fraction of sp³-hybridized carbons (Fsp3) is 0.167. The van der Waals surface area contributed by atoms with E-state index in [2.05, 4.69) is 4.90 Å². The smallest absolute Gasteiger partial charge is 0.266 e. The van der Waals surface area contributed by atoms with E-state index in [-0.39, 0.29) is 10.6 Å². The van der Waals surface area contributed by atoms with Gasteiger partial charge in [0, 0.05) is 17.1 Å². The number of aromatic nitrogens is 2. The summed E-state index contributed by atoms with van der Waals surface area (Å²) in [4.78, 5) is 20.6. The van der Waals surface area contributed by atoms with E-state index in [4.69, 9.17) is 39.8 Å². The Balaban J connectivity index is 1.79. The van der Waals surface area contributed by atoms with Crippen LogP contribution in [0.5, 0.6) is 0 Å². The highest BCUT2D eigenvalue weighted by molar-refractivity contribution is 6.34. The van der Waals surface area contributed by atoms with E-state index in [0.717, 1.165) is 18.7 Å². The summed E-state index contributed by atoms with van der Waals surface area (Å²) < 4.78 is 15.7. The van der Waals surface area contributed by atoms with Gasteiger partial charge in [0.1, 0.15) is 11.6 Å². The van der Waals surface area contributed by atoms with Gasteiger partial charge in [0.15, 0.2) is 0 Å². The molecule has 32 heavy (non-hydrogen) atoms. The Labute approximate surface area is 198 Å². The fourth-order valence-electron chi connectivity index (χ4n) is 3.86. The molecule has 1 aromatic heterocycles. The van der Waals surface area contributed by atoms with Gasteiger partial charge in [-0.05, 0) is 67.5 Å². The Morgan fingerprint density at radius 1 is 1.00 bits per heavy atom. The normalized spacial score (nSPS) is 14.0. The van der Waals surface area contributed by atoms with E-state index in [1.165, 1.54) is 23.1 Å². The summed E-state index contributed by atoms with van der Waals surface area (Å²) in [6.07, 6.45) is 1.17. The summed E-state index contributed by atoms with van der Waals surface area (Å²) >= 11 is 18.8. The molecule has 0 amide bonds. The number of benzene rings is 3. The SMILES string of the molecule is O=c1c2ccc(Cl)cc2nc(-c2cccc(CN3CCC3)c2Cl)n1-c1ccc(Cl)c(F)c1. The minimum atomic E-state index is -0.629. The fourth-order valence-corrected chi connectivity index (χ4v) is 4.41. The molecular weight excluding hydrogens is 472 g/mol. The molecule has 1 aliphatic heterocycles. The van der Waals surface area contributed by atoms with Crippen molar-refractivity contribution in [3.63, 3.8) is 0 Å². The molecule has 3 aromatic carbocycles. The van der Waals surface area contributed by atoms with Crippen LogP contribution in [0.1, 0.15) is 12.0 Å². The highest BCUT2D eigenvalue weighted by atomic mass is 35.5. The Morgan fingerprint density at radius 2 is 1.81 bits per heavy atom. The number of hydrogen-bond acceptors (Lipinski definition) is 3. The van der Waals surface area contributed by atoms with Gasteiger partial charge in [-0.1, -0.05) is 46.9 Å². The molecule has 4 aromatic rings. The van der Waals surface area contributed by atoms with Gasteiger partial charge in [-0.25, -0.2) is 9.37 Å². The predicted molar refractivity (Wildman–Crippen MR) is 128 cm³/mol. The van der Waals surface area contributed by atoms with Crippen molar-refractivity contribution in [2.45, 2.75) is 13.0 Å². The first-order valence-corrected chi connectivity index (χ1v) is 11.2. The molecule has 5 rings (SSSR count). The van der Waals surface area contributed by atoms with E-state index >= 15 is 0 Å². The Morgan fingerprint density at radius 3 is 2.53 bits per heavy atom. The largest absolute Gasteiger partial charge is 0.299 e. The van der Waals surface area contributed by atoms with Crippen molar-refractivity contribution < 1.29 is 4.39 Å². The Kier molecular flexibility index (Phi) is 5.68. The third-order valence-corrected chi connectivity index (χ3v) is 6.64. The molecule has 1 saturated heterocycles. The van der Waals surface area contributed by atoms with Crippen molar-refractivity contribution in [2.24, 2.45) is 0 Å². The van der Waals surface area contributed by atoms with Gasteiger partial charge >= 0.3 is 0 Å². The summed E-state index contributed by atoms with van der Waals surface area (Å²) in [6, 6.07) is 14.7. The molecule has 0 radical (unpaired) electrons. The highest BCUT2D eigenvalue weighted by Gasteiger charge is 2.21. The second-order valence-corrected chi connectivity index (χ2v) is 8.97. The Hall–Kier alpha value is -2.44. The maximum Gasteiger partial charge on any atom is 0.266 e. The molecule has 2 heterocycles. The standard InChI is InChI=1S/C24H17Cl3FN3O/c25-15-5-7-17-21(11-15)29-23(31(24(17)32)16-6-8-19(26)20(28)12-16)18-4-1-3-14(22(18)27)13-30-9-2-10-30/h1,3-8,11-12H,2,9-10,13H2. The molecule has 0 bridgehead atoms. The molecule has 8 heteroatoms. The summed E-state index contributed by atoms with van der Waals surface area (Å²) in [5.74, 6) is -0.321. The van der Waals surface area contributed by atoms with Crippen LogP contribution in [0.3, 0.4) is 0 Å². The summed E-state index contributed by atoms with van der Waals surface area (Å²) in [7, 11) is 0. The minimum absolute atomic E-state index is 0.0292. The van der Waals surface area contributed by atoms with Crippen molar-refractivity contribution in [1.29, 1.82) is 0 Å². The predicted octanol–water partition coefficient (Wildman–Crippen LogP) is 6.36. The van der Waals surface area contributed by atoms with Crippen molar-refractivity contribution in [3.05, 3.63) is 91.4 Å². The number of rotatable bonds is 4. The zero-order valence-electron chi connectivity index (χ0n) is 16.8. The monoisotopic (exact) mass is 487 g/mol. The molecule has 0 atom stereocenters. The number of likely N-dealkylation sites (tertiary alicyclic amines) is 1. The second-order valence-electron chi connectivity index (χ2n) is 7.74. The zero-order valence-corrected chi connectivity index (χ0v) is 19.1. The van der Waals surface area contributed by atoms with Gasteiger partial charge in [0.05, 0.1) is 26.6 Å². The number of halogens is 4. The molecule has 0 N–H and O–H groups in total. The van der Waals surface area contributed by atoms with Crippen molar-refractivity contribution in [1.82, 2.24) is 14.5 Å². The van der Waals surface area contributed by atoms with E-state index < -0.39 is 5.82 Å². The average molecular weight is 489 g/mol. The van der Waals surface area contributed by atoms with Gasteiger partial charge in [-0.2, -0.15) is 0 Å². The average Bonchev–Trinajstić information content (AvgIpc) is 2.73. The van der Waals surface area contributed by atoms with Crippen LogP contribution >= 0.6 is 34.8 Å². The molecule has 1 aliphatic rings. The molecule has 0 saturated carbocycles. The number of hydrogen-bond donors (Lipinski definition) is 0. The van der Waals surface area contributed by atoms with Gasteiger partial charge < -0.3 is 0 Å². The lowest BCUT2D eigenvalue weighted by molar-refractivity contribution is 0.172. The summed E-state index contributed by atoms with van der Waals surface area (Å²) in [5, 5.41) is 1.30. The highest BCUT2D eigenvalue weighted by Crippen LogP contribution is 2.33. The van der Waals surface area contributed by atoms with E-state index in [0.29, 0.717) is 44.6 Å². The molecule has 0 aliphatic carbocycles. The quantitative estimate of drug-likeness (QED) is 0.335. The van der Waals surface area contributed by atoms with Gasteiger partial charge in [-0.15, -0.1) is 0 Å². The number of fused-ring (bicyclic) bond motifs is 1. The first kappa shape index (κ1) is 21.4. The summed E-state index contributed by atoms with van der Waals surface area (Å²) in [5.41, 5.74) is 1.91. The molecule has 0 spiro atoms. The van der Waals surface area contributed by atoms with Crippen LogP contribution in [0.15, 0.2) is 59.4 Å². The Bertz CT molecular complexity index is 1420. The van der Waals surface area contributed by atoms with Crippen LogP contribution in [0.2, 0.25) is 15.1 Å². The number of nitrogens with zero attached hydrogens (tertiary/aromatic N) is 3. The topological polar surface area (TPSA) is 38.1 Å². The third-order valence-electron chi connectivity index (χ3n) is 5.66. The van der Waals surface area contributed by atoms with Crippen LogP contribution in [-0.2, 0) is 6.54 Å². The first-order chi connectivity index (χ1) is 15.4. The first-order valence-electron chi connectivity index (χ1n) is 10.1. The van der Waals surface area contributed by atoms with Gasteiger partial charge in [0.25, 0.3) is 5.56 Å². The lowest BCUT2D eigenvalue weighted by Gasteiger charge is -2.31. The van der Waals surface area contributed by atoms with E-state index in [1.54, 1.807) is 24.3 Å². The maximum absolute atomic E-state index is 14.3. The van der Waals surface area contributed by atoms with Crippen LogP contribution in [0.4, 0.5) is 4.39 Å². The van der Waals surface area contributed by atoms with Crippen LogP contribution in [0, 0.1) is 5.82 Å². The van der Waals surface area contributed by atoms with Crippen molar-refractivity contribution in [2.75, 3.05) is 13.1 Å². The van der Waals surface area contributed by atoms with Crippen LogP contribution < -0.4 is 5.56 Å². The molecule has 162 valence electrons. The molecule has 1 fully saturated rings. The molecule has 0 unspecified atom stereocenters. The third kappa shape index (κ3) is 3.80. The van der Waals surface area contributed by atoms with Crippen LogP contribution in [0.25, 0.3) is 28.0 Å². The van der Waals surface area contributed by atoms with Crippen molar-refractivity contribution >= 4 is 45.7 Å². The van der Waals surface area contributed by atoms with E-state index in [1.807, 2.05) is 18.2 Å². The molecule has 4 nitrogen and oxygen atoms in total. The maximum atomic E-state index is 14.3. The lowest BCUT2D eigenvalue weighted by Crippen LogP contribution is -2.36.